The van der Waals surface area contributed by atoms with Crippen LogP contribution in [0.1, 0.15) is 36.4 Å². The first-order chi connectivity index (χ1) is 7.89. The third-order valence-corrected chi connectivity index (χ3v) is 3.34. The summed E-state index contributed by atoms with van der Waals surface area (Å²) in [5.41, 5.74) is 4.94. The maximum atomic E-state index is 13.5. The summed E-state index contributed by atoms with van der Waals surface area (Å²) in [7, 11) is 0. The lowest BCUT2D eigenvalue weighted by Crippen LogP contribution is -2.28. The highest BCUT2D eigenvalue weighted by Gasteiger charge is 2.33. The van der Waals surface area contributed by atoms with E-state index in [1.54, 1.807) is 0 Å². The molecule has 94 valence electrons. The van der Waals surface area contributed by atoms with Crippen LogP contribution in [0.15, 0.2) is 18.2 Å². The molecule has 0 unspecified atom stereocenters. The highest BCUT2D eigenvalue weighted by molar-refractivity contribution is 5.30. The molecule has 0 heterocycles. The Bertz CT molecular complexity index is 409. The van der Waals surface area contributed by atoms with Gasteiger partial charge in [0, 0.05) is 11.6 Å². The van der Waals surface area contributed by atoms with E-state index >= 15 is 0 Å². The van der Waals surface area contributed by atoms with Gasteiger partial charge >= 0.3 is 6.18 Å². The second-order valence-corrected chi connectivity index (χ2v) is 4.45. The monoisotopic (exact) mass is 247 g/mol. The SMILES string of the molecule is N[C@@H](c1cc(C(F)(F)F)ccc1F)C1CCC1. The summed E-state index contributed by atoms with van der Waals surface area (Å²) >= 11 is 0. The van der Waals surface area contributed by atoms with Gasteiger partial charge in [-0.2, -0.15) is 13.2 Å². The third-order valence-electron chi connectivity index (χ3n) is 3.34. The van der Waals surface area contributed by atoms with Crippen molar-refractivity contribution in [2.24, 2.45) is 11.7 Å². The Morgan fingerprint density at radius 1 is 1.24 bits per heavy atom. The summed E-state index contributed by atoms with van der Waals surface area (Å²) in [6.45, 7) is 0. The second kappa shape index (κ2) is 4.29. The lowest BCUT2D eigenvalue weighted by atomic mass is 9.77. The summed E-state index contributed by atoms with van der Waals surface area (Å²) < 4.78 is 51.0. The van der Waals surface area contributed by atoms with Gasteiger partial charge in [0.25, 0.3) is 0 Å². The van der Waals surface area contributed by atoms with Crippen molar-refractivity contribution in [3.8, 4) is 0 Å². The molecule has 0 aliphatic heterocycles. The smallest absolute Gasteiger partial charge is 0.324 e. The second-order valence-electron chi connectivity index (χ2n) is 4.45. The molecular weight excluding hydrogens is 234 g/mol. The van der Waals surface area contributed by atoms with Crippen LogP contribution in [-0.4, -0.2) is 0 Å². The van der Waals surface area contributed by atoms with Gasteiger partial charge in [-0.3, -0.25) is 0 Å². The normalized spacial score (nSPS) is 18.9. The number of alkyl halides is 3. The number of benzene rings is 1. The molecule has 1 aromatic carbocycles. The van der Waals surface area contributed by atoms with E-state index < -0.39 is 23.6 Å². The van der Waals surface area contributed by atoms with E-state index in [9.17, 15) is 17.6 Å². The van der Waals surface area contributed by atoms with E-state index in [-0.39, 0.29) is 11.5 Å². The fraction of sp³-hybridized carbons (Fsp3) is 0.500. The van der Waals surface area contributed by atoms with E-state index in [4.69, 9.17) is 5.73 Å². The molecule has 5 heteroatoms. The van der Waals surface area contributed by atoms with E-state index in [2.05, 4.69) is 0 Å². The third kappa shape index (κ3) is 2.44. The van der Waals surface area contributed by atoms with Crippen LogP contribution < -0.4 is 5.73 Å². The standard InChI is InChI=1S/C12H13F4N/c13-10-5-4-8(12(14,15)16)6-9(10)11(17)7-2-1-3-7/h4-7,11H,1-3,17H2/t11-/m1/s1. The average molecular weight is 247 g/mol. The first kappa shape index (κ1) is 12.4. The number of halogens is 4. The van der Waals surface area contributed by atoms with E-state index in [0.717, 1.165) is 37.5 Å². The van der Waals surface area contributed by atoms with Crippen molar-refractivity contribution in [2.75, 3.05) is 0 Å². The Balaban J connectivity index is 2.31. The highest BCUT2D eigenvalue weighted by atomic mass is 19.4. The van der Waals surface area contributed by atoms with Gasteiger partial charge in [0.05, 0.1) is 5.56 Å². The zero-order valence-corrected chi connectivity index (χ0v) is 9.10. The zero-order chi connectivity index (χ0) is 12.6. The molecular formula is C12H13F4N. The minimum absolute atomic E-state index is 0.0236. The van der Waals surface area contributed by atoms with Crippen molar-refractivity contribution in [3.63, 3.8) is 0 Å². The fourth-order valence-electron chi connectivity index (χ4n) is 2.03. The lowest BCUT2D eigenvalue weighted by Gasteiger charge is -2.31. The van der Waals surface area contributed by atoms with Crippen LogP contribution in [0.3, 0.4) is 0 Å². The number of hydrogen-bond acceptors (Lipinski definition) is 1. The van der Waals surface area contributed by atoms with Crippen molar-refractivity contribution in [2.45, 2.75) is 31.5 Å². The Morgan fingerprint density at radius 3 is 2.35 bits per heavy atom. The first-order valence-electron chi connectivity index (χ1n) is 5.52. The zero-order valence-electron chi connectivity index (χ0n) is 9.10. The van der Waals surface area contributed by atoms with Gasteiger partial charge in [0.1, 0.15) is 5.82 Å². The molecule has 0 amide bonds. The number of nitrogens with two attached hydrogens (primary N) is 1. The maximum absolute atomic E-state index is 13.5. The largest absolute Gasteiger partial charge is 0.416 e. The molecule has 17 heavy (non-hydrogen) atoms. The fourth-order valence-corrected chi connectivity index (χ4v) is 2.03. The van der Waals surface area contributed by atoms with E-state index in [1.807, 2.05) is 0 Å². The molecule has 1 nitrogen and oxygen atoms in total. The molecule has 1 saturated carbocycles. The molecule has 0 radical (unpaired) electrons. The van der Waals surface area contributed by atoms with Gasteiger partial charge in [0.15, 0.2) is 0 Å². The highest BCUT2D eigenvalue weighted by Crippen LogP contribution is 2.38. The van der Waals surface area contributed by atoms with Gasteiger partial charge in [0.2, 0.25) is 0 Å². The Morgan fingerprint density at radius 2 is 1.88 bits per heavy atom. The predicted octanol–water partition coefficient (Wildman–Crippen LogP) is 3.64. The molecule has 1 aliphatic rings. The van der Waals surface area contributed by atoms with Crippen LogP contribution in [0.5, 0.6) is 0 Å². The van der Waals surface area contributed by atoms with Crippen LogP contribution in [0.4, 0.5) is 17.6 Å². The summed E-state index contributed by atoms with van der Waals surface area (Å²) in [6, 6.07) is 1.78. The molecule has 2 rings (SSSR count). The summed E-state index contributed by atoms with van der Waals surface area (Å²) in [6.07, 6.45) is -1.73. The topological polar surface area (TPSA) is 26.0 Å². The molecule has 0 saturated heterocycles. The molecule has 1 atom stereocenters. The van der Waals surface area contributed by atoms with Gasteiger partial charge in [-0.05, 0) is 37.0 Å². The summed E-state index contributed by atoms with van der Waals surface area (Å²) in [5, 5.41) is 0. The first-order valence-corrected chi connectivity index (χ1v) is 5.52. The minimum Gasteiger partial charge on any atom is -0.324 e. The van der Waals surface area contributed by atoms with Crippen LogP contribution in [-0.2, 0) is 6.18 Å². The average Bonchev–Trinajstić information content (AvgIpc) is 2.13. The Kier molecular flexibility index (Phi) is 3.12. The van der Waals surface area contributed by atoms with Crippen molar-refractivity contribution in [1.82, 2.24) is 0 Å². The van der Waals surface area contributed by atoms with Crippen molar-refractivity contribution in [3.05, 3.63) is 35.1 Å². The van der Waals surface area contributed by atoms with Gasteiger partial charge < -0.3 is 5.73 Å². The summed E-state index contributed by atoms with van der Waals surface area (Å²) in [5.74, 6) is -0.551. The van der Waals surface area contributed by atoms with Gasteiger partial charge in [-0.25, -0.2) is 4.39 Å². The quantitative estimate of drug-likeness (QED) is 0.793. The number of rotatable bonds is 2. The van der Waals surface area contributed by atoms with Crippen LogP contribution in [0, 0.1) is 11.7 Å². The Labute approximate surface area is 96.6 Å². The van der Waals surface area contributed by atoms with E-state index in [1.165, 1.54) is 0 Å². The van der Waals surface area contributed by atoms with Crippen LogP contribution in [0.2, 0.25) is 0 Å². The molecule has 0 aromatic heterocycles. The van der Waals surface area contributed by atoms with Crippen molar-refractivity contribution >= 4 is 0 Å². The maximum Gasteiger partial charge on any atom is 0.416 e. The van der Waals surface area contributed by atoms with Crippen LogP contribution in [0.25, 0.3) is 0 Å². The Hall–Kier alpha value is -1.10. The molecule has 1 fully saturated rings. The van der Waals surface area contributed by atoms with Crippen molar-refractivity contribution in [1.29, 1.82) is 0 Å². The molecule has 1 aliphatic carbocycles. The molecule has 1 aromatic rings. The van der Waals surface area contributed by atoms with Crippen LogP contribution >= 0.6 is 0 Å². The van der Waals surface area contributed by atoms with Gasteiger partial charge in [-0.1, -0.05) is 6.42 Å². The molecule has 0 spiro atoms. The van der Waals surface area contributed by atoms with Crippen molar-refractivity contribution < 1.29 is 17.6 Å². The molecule has 0 bridgehead atoms. The molecule has 2 N–H and O–H groups in total. The number of hydrogen-bond donors (Lipinski definition) is 1. The predicted molar refractivity (Wildman–Crippen MR) is 55.7 cm³/mol. The summed E-state index contributed by atoms with van der Waals surface area (Å²) in [4.78, 5) is 0. The lowest BCUT2D eigenvalue weighted by molar-refractivity contribution is -0.137. The van der Waals surface area contributed by atoms with E-state index in [0.29, 0.717) is 0 Å². The minimum atomic E-state index is -4.46. The van der Waals surface area contributed by atoms with Gasteiger partial charge in [-0.15, -0.1) is 0 Å².